The fourth-order valence-corrected chi connectivity index (χ4v) is 5.23. The topological polar surface area (TPSA) is 103 Å². The van der Waals surface area contributed by atoms with Gasteiger partial charge in [0, 0.05) is 11.6 Å². The zero-order chi connectivity index (χ0) is 27.2. The monoisotopic (exact) mass is 528 g/mol. The van der Waals surface area contributed by atoms with Crippen LogP contribution in [0.2, 0.25) is 0 Å². The van der Waals surface area contributed by atoms with Crippen LogP contribution in [0.5, 0.6) is 23.0 Å². The van der Waals surface area contributed by atoms with Gasteiger partial charge in [-0.2, -0.15) is 0 Å². The van der Waals surface area contributed by atoms with Gasteiger partial charge in [-0.05, 0) is 56.3 Å². The van der Waals surface area contributed by atoms with Gasteiger partial charge >= 0.3 is 0 Å². The molecule has 3 aromatic carbocycles. The number of ether oxygens (including phenoxy) is 4. The minimum Gasteiger partial charge on any atom is -0.497 e. The Balaban J connectivity index is 2.01. The standard InChI is InChI=1S/C27H32N2O7S/c1-18-7-11-22(12-8-18)37(31,32)29(24-16-21(34-4)10-14-26(24)36-6)17-27(30)28-19(2)23-15-20(33-3)9-13-25(23)35-5/h7-16,19H,17H2,1-6H3,(H,28,30)/t19-/m0/s1. The van der Waals surface area contributed by atoms with E-state index < -0.39 is 28.5 Å². The summed E-state index contributed by atoms with van der Waals surface area (Å²) in [4.78, 5) is 13.3. The van der Waals surface area contributed by atoms with Crippen LogP contribution in [0.4, 0.5) is 5.69 Å². The molecule has 198 valence electrons. The van der Waals surface area contributed by atoms with Crippen molar-refractivity contribution in [3.8, 4) is 23.0 Å². The van der Waals surface area contributed by atoms with Crippen LogP contribution in [0.3, 0.4) is 0 Å². The molecule has 3 aromatic rings. The molecule has 37 heavy (non-hydrogen) atoms. The van der Waals surface area contributed by atoms with Gasteiger partial charge in [0.1, 0.15) is 29.5 Å². The third-order valence-corrected chi connectivity index (χ3v) is 7.61. The Kier molecular flexibility index (Phi) is 8.88. The maximum atomic E-state index is 13.8. The molecule has 1 amide bonds. The van der Waals surface area contributed by atoms with Crippen LogP contribution in [-0.2, 0) is 14.8 Å². The van der Waals surface area contributed by atoms with Gasteiger partial charge in [-0.15, -0.1) is 0 Å². The van der Waals surface area contributed by atoms with Crippen molar-refractivity contribution >= 4 is 21.6 Å². The van der Waals surface area contributed by atoms with Crippen molar-refractivity contribution in [1.82, 2.24) is 5.32 Å². The highest BCUT2D eigenvalue weighted by molar-refractivity contribution is 7.92. The van der Waals surface area contributed by atoms with Gasteiger partial charge in [0.25, 0.3) is 10.0 Å². The number of methoxy groups -OCH3 is 4. The van der Waals surface area contributed by atoms with E-state index in [0.29, 0.717) is 22.8 Å². The molecule has 0 saturated heterocycles. The Hall–Kier alpha value is -3.92. The van der Waals surface area contributed by atoms with Gasteiger partial charge in [0.15, 0.2) is 0 Å². The van der Waals surface area contributed by atoms with E-state index in [0.717, 1.165) is 9.87 Å². The van der Waals surface area contributed by atoms with Crippen molar-refractivity contribution in [3.05, 3.63) is 71.8 Å². The van der Waals surface area contributed by atoms with E-state index in [2.05, 4.69) is 5.32 Å². The summed E-state index contributed by atoms with van der Waals surface area (Å²) >= 11 is 0. The highest BCUT2D eigenvalue weighted by Gasteiger charge is 2.30. The minimum absolute atomic E-state index is 0.0401. The summed E-state index contributed by atoms with van der Waals surface area (Å²) in [6, 6.07) is 15.9. The number of carbonyl (C=O) groups is 1. The lowest BCUT2D eigenvalue weighted by Crippen LogP contribution is -2.41. The average molecular weight is 529 g/mol. The molecular weight excluding hydrogens is 496 g/mol. The second-order valence-corrected chi connectivity index (χ2v) is 10.1. The summed E-state index contributed by atoms with van der Waals surface area (Å²) in [6.07, 6.45) is 0. The minimum atomic E-state index is -4.16. The largest absolute Gasteiger partial charge is 0.497 e. The number of rotatable bonds is 11. The summed E-state index contributed by atoms with van der Waals surface area (Å²) in [5.74, 6) is 1.31. The van der Waals surface area contributed by atoms with E-state index in [9.17, 15) is 13.2 Å². The number of nitrogens with zero attached hydrogens (tertiary/aromatic N) is 1. The zero-order valence-corrected chi connectivity index (χ0v) is 22.6. The number of nitrogens with one attached hydrogen (secondary N) is 1. The van der Waals surface area contributed by atoms with Crippen molar-refractivity contribution in [1.29, 1.82) is 0 Å². The second-order valence-electron chi connectivity index (χ2n) is 8.26. The summed E-state index contributed by atoms with van der Waals surface area (Å²) in [7, 11) is 1.83. The highest BCUT2D eigenvalue weighted by Crippen LogP contribution is 2.36. The smallest absolute Gasteiger partial charge is 0.264 e. The third kappa shape index (κ3) is 6.26. The summed E-state index contributed by atoms with van der Waals surface area (Å²) in [6.45, 7) is 3.14. The first-order chi connectivity index (χ1) is 17.6. The number of carbonyl (C=O) groups excluding carboxylic acids is 1. The van der Waals surface area contributed by atoms with E-state index in [-0.39, 0.29) is 16.3 Å². The Bertz CT molecular complexity index is 1340. The lowest BCUT2D eigenvalue weighted by atomic mass is 10.1. The number of amides is 1. The van der Waals surface area contributed by atoms with E-state index in [1.807, 2.05) is 6.92 Å². The quantitative estimate of drug-likeness (QED) is 0.400. The SMILES string of the molecule is COc1ccc(OC)c([C@H](C)NC(=O)CN(c2cc(OC)ccc2OC)S(=O)(=O)c2ccc(C)cc2)c1. The van der Waals surface area contributed by atoms with Gasteiger partial charge in [0.05, 0.1) is 45.1 Å². The number of sulfonamides is 1. The van der Waals surface area contributed by atoms with Crippen LogP contribution in [0.1, 0.15) is 24.1 Å². The first kappa shape index (κ1) is 27.7. The normalized spacial score (nSPS) is 11.8. The fourth-order valence-electron chi connectivity index (χ4n) is 3.80. The molecule has 0 spiro atoms. The molecule has 0 unspecified atom stereocenters. The Morgan fingerprint density at radius 1 is 0.838 bits per heavy atom. The van der Waals surface area contributed by atoms with Gasteiger partial charge < -0.3 is 24.3 Å². The lowest BCUT2D eigenvalue weighted by molar-refractivity contribution is -0.120. The second kappa shape index (κ2) is 11.9. The average Bonchev–Trinajstić information content (AvgIpc) is 2.91. The molecule has 10 heteroatoms. The molecule has 9 nitrogen and oxygen atoms in total. The number of benzene rings is 3. The molecule has 3 rings (SSSR count). The van der Waals surface area contributed by atoms with E-state index in [4.69, 9.17) is 18.9 Å². The Labute approximate surface area is 218 Å². The van der Waals surface area contributed by atoms with E-state index in [1.165, 1.54) is 39.5 Å². The van der Waals surface area contributed by atoms with Crippen LogP contribution < -0.4 is 28.6 Å². The van der Waals surface area contributed by atoms with Crippen LogP contribution in [0.15, 0.2) is 65.6 Å². The Morgan fingerprint density at radius 3 is 1.97 bits per heavy atom. The van der Waals surface area contributed by atoms with Crippen LogP contribution in [0, 0.1) is 6.92 Å². The molecule has 0 bridgehead atoms. The molecule has 0 aliphatic carbocycles. The first-order valence-corrected chi connectivity index (χ1v) is 12.9. The first-order valence-electron chi connectivity index (χ1n) is 11.5. The van der Waals surface area contributed by atoms with Crippen LogP contribution >= 0.6 is 0 Å². The third-order valence-electron chi connectivity index (χ3n) is 5.83. The molecule has 0 fully saturated rings. The molecule has 1 N–H and O–H groups in total. The maximum absolute atomic E-state index is 13.8. The van der Waals surface area contributed by atoms with E-state index in [1.54, 1.807) is 56.5 Å². The molecule has 0 heterocycles. The molecule has 0 aliphatic rings. The molecule has 1 atom stereocenters. The lowest BCUT2D eigenvalue weighted by Gasteiger charge is -2.27. The predicted molar refractivity (Wildman–Crippen MR) is 141 cm³/mol. The molecule has 0 aliphatic heterocycles. The van der Waals surface area contributed by atoms with Gasteiger partial charge in [-0.25, -0.2) is 8.42 Å². The van der Waals surface area contributed by atoms with Crippen molar-refractivity contribution in [2.24, 2.45) is 0 Å². The van der Waals surface area contributed by atoms with E-state index >= 15 is 0 Å². The number of hydrogen-bond acceptors (Lipinski definition) is 7. The van der Waals surface area contributed by atoms with Crippen molar-refractivity contribution in [2.75, 3.05) is 39.3 Å². The summed E-state index contributed by atoms with van der Waals surface area (Å²) < 4.78 is 50.1. The van der Waals surface area contributed by atoms with Crippen molar-refractivity contribution in [3.63, 3.8) is 0 Å². The molecular formula is C27H32N2O7S. The van der Waals surface area contributed by atoms with Crippen molar-refractivity contribution < 1.29 is 32.2 Å². The van der Waals surface area contributed by atoms with Crippen LogP contribution in [0.25, 0.3) is 0 Å². The summed E-state index contributed by atoms with van der Waals surface area (Å²) in [5.41, 5.74) is 1.76. The maximum Gasteiger partial charge on any atom is 0.264 e. The number of aryl methyl sites for hydroxylation is 1. The van der Waals surface area contributed by atoms with Crippen LogP contribution in [-0.4, -0.2) is 49.3 Å². The Morgan fingerprint density at radius 2 is 1.41 bits per heavy atom. The molecule has 0 aromatic heterocycles. The molecule has 0 saturated carbocycles. The fraction of sp³-hybridized carbons (Fsp3) is 0.296. The predicted octanol–water partition coefficient (Wildman–Crippen LogP) is 4.10. The summed E-state index contributed by atoms with van der Waals surface area (Å²) in [5, 5.41) is 2.87. The molecule has 0 radical (unpaired) electrons. The number of hydrogen-bond donors (Lipinski definition) is 1. The highest BCUT2D eigenvalue weighted by atomic mass is 32.2. The van der Waals surface area contributed by atoms with Gasteiger partial charge in [0.2, 0.25) is 5.91 Å². The van der Waals surface area contributed by atoms with Gasteiger partial charge in [-0.1, -0.05) is 17.7 Å². The number of anilines is 1. The van der Waals surface area contributed by atoms with Gasteiger partial charge in [-0.3, -0.25) is 9.10 Å². The zero-order valence-electron chi connectivity index (χ0n) is 21.8. The van der Waals surface area contributed by atoms with Crippen molar-refractivity contribution in [2.45, 2.75) is 24.8 Å².